The van der Waals surface area contributed by atoms with Gasteiger partial charge in [-0.1, -0.05) is 0 Å². The molecule has 0 aromatic carbocycles. The van der Waals surface area contributed by atoms with Gasteiger partial charge in [0.15, 0.2) is 5.75 Å². The molecule has 1 aromatic heterocycles. The maximum Gasteiger partial charge on any atom is 0.291 e. The van der Waals surface area contributed by atoms with Crippen LogP contribution in [0, 0.1) is 10.1 Å². The Morgan fingerprint density at radius 3 is 2.88 bits per heavy atom. The zero-order valence-electron chi connectivity index (χ0n) is 8.46. The maximum absolute atomic E-state index is 10.6. The molecule has 2 heterocycles. The standard InChI is InChI=1S/C10H10N2O4/c13-12(14)6-4-9-10(11-5-6)16-8-3-1-2-7(8)15-9/h4-5,7-8H,1-3H2/t7-,8-/m1/s1. The van der Waals surface area contributed by atoms with Crippen molar-refractivity contribution in [3.63, 3.8) is 0 Å². The monoisotopic (exact) mass is 222 g/mol. The average molecular weight is 222 g/mol. The second-order valence-electron chi connectivity index (χ2n) is 4.00. The Labute approximate surface area is 91.3 Å². The minimum absolute atomic E-state index is 0.0244. The summed E-state index contributed by atoms with van der Waals surface area (Å²) in [5.41, 5.74) is -0.0706. The van der Waals surface area contributed by atoms with E-state index in [-0.39, 0.29) is 17.9 Å². The maximum atomic E-state index is 10.6. The van der Waals surface area contributed by atoms with Crippen LogP contribution in [0.3, 0.4) is 0 Å². The van der Waals surface area contributed by atoms with Crippen molar-refractivity contribution in [1.82, 2.24) is 4.98 Å². The fraction of sp³-hybridized carbons (Fsp3) is 0.500. The summed E-state index contributed by atoms with van der Waals surface area (Å²) in [6.07, 6.45) is 4.23. The summed E-state index contributed by atoms with van der Waals surface area (Å²) in [6.45, 7) is 0. The summed E-state index contributed by atoms with van der Waals surface area (Å²) >= 11 is 0. The molecule has 0 saturated heterocycles. The third-order valence-electron chi connectivity index (χ3n) is 2.95. The Hall–Kier alpha value is -1.85. The Kier molecular flexibility index (Phi) is 1.95. The summed E-state index contributed by atoms with van der Waals surface area (Å²) in [5, 5.41) is 10.6. The largest absolute Gasteiger partial charge is 0.481 e. The van der Waals surface area contributed by atoms with Crippen LogP contribution < -0.4 is 9.47 Å². The normalized spacial score (nSPS) is 26.2. The van der Waals surface area contributed by atoms with Crippen molar-refractivity contribution in [3.8, 4) is 11.6 Å². The van der Waals surface area contributed by atoms with Crippen molar-refractivity contribution in [1.29, 1.82) is 0 Å². The molecule has 1 saturated carbocycles. The highest BCUT2D eigenvalue weighted by Gasteiger charge is 2.36. The van der Waals surface area contributed by atoms with Crippen molar-refractivity contribution < 1.29 is 14.4 Å². The Morgan fingerprint density at radius 1 is 1.38 bits per heavy atom. The Balaban J connectivity index is 1.95. The van der Waals surface area contributed by atoms with Crippen LogP contribution in [0.25, 0.3) is 0 Å². The predicted molar refractivity (Wildman–Crippen MR) is 53.6 cm³/mol. The number of nitrogens with zero attached hydrogens (tertiary/aromatic N) is 2. The van der Waals surface area contributed by atoms with Crippen molar-refractivity contribution in [2.45, 2.75) is 31.5 Å². The smallest absolute Gasteiger partial charge is 0.291 e. The third kappa shape index (κ3) is 1.37. The molecule has 1 aliphatic heterocycles. The van der Waals surface area contributed by atoms with Gasteiger partial charge in [-0.3, -0.25) is 10.1 Å². The molecule has 0 spiro atoms. The van der Waals surface area contributed by atoms with Gasteiger partial charge in [0.05, 0.1) is 11.0 Å². The highest BCUT2D eigenvalue weighted by Crippen LogP contribution is 2.39. The van der Waals surface area contributed by atoms with E-state index in [9.17, 15) is 10.1 Å². The fourth-order valence-corrected chi connectivity index (χ4v) is 2.16. The molecule has 84 valence electrons. The van der Waals surface area contributed by atoms with Crippen molar-refractivity contribution in [2.75, 3.05) is 0 Å². The minimum Gasteiger partial charge on any atom is -0.481 e. The molecule has 1 aromatic rings. The van der Waals surface area contributed by atoms with Crippen LogP contribution in [-0.4, -0.2) is 22.1 Å². The lowest BCUT2D eigenvalue weighted by atomic mass is 10.2. The van der Waals surface area contributed by atoms with Gasteiger partial charge in [-0.2, -0.15) is 0 Å². The lowest BCUT2D eigenvalue weighted by Crippen LogP contribution is -2.35. The molecule has 0 unspecified atom stereocenters. The van der Waals surface area contributed by atoms with Gasteiger partial charge in [-0.25, -0.2) is 4.98 Å². The molecule has 1 fully saturated rings. The number of fused-ring (bicyclic) bond motifs is 2. The summed E-state index contributed by atoms with van der Waals surface area (Å²) in [7, 11) is 0. The SMILES string of the molecule is O=[N+]([O-])c1cnc2c(c1)O[C@@H]1CCC[C@H]1O2. The Morgan fingerprint density at radius 2 is 2.12 bits per heavy atom. The van der Waals surface area contributed by atoms with Crippen LogP contribution in [-0.2, 0) is 0 Å². The summed E-state index contributed by atoms with van der Waals surface area (Å²) in [4.78, 5) is 14.0. The Bertz CT molecular complexity index is 448. The topological polar surface area (TPSA) is 74.5 Å². The van der Waals surface area contributed by atoms with E-state index in [2.05, 4.69) is 4.98 Å². The molecule has 0 N–H and O–H groups in total. The molecule has 0 bridgehead atoms. The highest BCUT2D eigenvalue weighted by molar-refractivity contribution is 5.44. The number of hydrogen-bond donors (Lipinski definition) is 0. The number of rotatable bonds is 1. The van der Waals surface area contributed by atoms with E-state index in [4.69, 9.17) is 9.47 Å². The molecule has 6 heteroatoms. The zero-order valence-corrected chi connectivity index (χ0v) is 8.46. The fourth-order valence-electron chi connectivity index (χ4n) is 2.16. The molecule has 6 nitrogen and oxygen atoms in total. The van der Waals surface area contributed by atoms with Gasteiger partial charge in [0.2, 0.25) is 0 Å². The molecular formula is C10H10N2O4. The summed E-state index contributed by atoms with van der Waals surface area (Å²) in [5.74, 6) is 0.756. The molecule has 3 rings (SSSR count). The molecule has 2 atom stereocenters. The molecule has 0 amide bonds. The molecule has 1 aliphatic carbocycles. The van der Waals surface area contributed by atoms with Crippen LogP contribution in [0.1, 0.15) is 19.3 Å². The number of hydrogen-bond acceptors (Lipinski definition) is 5. The van der Waals surface area contributed by atoms with Crippen LogP contribution in [0.4, 0.5) is 5.69 Å². The summed E-state index contributed by atoms with van der Waals surface area (Å²) < 4.78 is 11.3. The number of ether oxygens (including phenoxy) is 2. The van der Waals surface area contributed by atoms with Gasteiger partial charge in [0.25, 0.3) is 11.6 Å². The first-order chi connectivity index (χ1) is 7.74. The molecular weight excluding hydrogens is 212 g/mol. The van der Waals surface area contributed by atoms with Gasteiger partial charge in [0, 0.05) is 0 Å². The first-order valence-corrected chi connectivity index (χ1v) is 5.22. The van der Waals surface area contributed by atoms with Crippen LogP contribution in [0.15, 0.2) is 12.3 Å². The first-order valence-electron chi connectivity index (χ1n) is 5.22. The number of pyridine rings is 1. The number of nitro groups is 1. The van der Waals surface area contributed by atoms with E-state index in [0.29, 0.717) is 11.6 Å². The van der Waals surface area contributed by atoms with E-state index in [1.54, 1.807) is 0 Å². The molecule has 0 radical (unpaired) electrons. The lowest BCUT2D eigenvalue weighted by Gasteiger charge is -2.28. The average Bonchev–Trinajstić information content (AvgIpc) is 2.71. The van der Waals surface area contributed by atoms with Crippen molar-refractivity contribution in [3.05, 3.63) is 22.4 Å². The van der Waals surface area contributed by atoms with Crippen LogP contribution in [0.5, 0.6) is 11.6 Å². The molecule has 16 heavy (non-hydrogen) atoms. The lowest BCUT2D eigenvalue weighted by molar-refractivity contribution is -0.385. The van der Waals surface area contributed by atoms with Crippen molar-refractivity contribution >= 4 is 5.69 Å². The molecule has 2 aliphatic rings. The van der Waals surface area contributed by atoms with Crippen LogP contribution in [0.2, 0.25) is 0 Å². The van der Waals surface area contributed by atoms with Crippen molar-refractivity contribution in [2.24, 2.45) is 0 Å². The first kappa shape index (κ1) is 9.38. The second-order valence-corrected chi connectivity index (χ2v) is 4.00. The van der Waals surface area contributed by atoms with E-state index < -0.39 is 4.92 Å². The summed E-state index contributed by atoms with van der Waals surface area (Å²) in [6, 6.07) is 1.37. The van der Waals surface area contributed by atoms with E-state index in [1.165, 1.54) is 12.3 Å². The van der Waals surface area contributed by atoms with E-state index >= 15 is 0 Å². The van der Waals surface area contributed by atoms with E-state index in [1.807, 2.05) is 0 Å². The third-order valence-corrected chi connectivity index (χ3v) is 2.95. The van der Waals surface area contributed by atoms with Gasteiger partial charge in [-0.15, -0.1) is 0 Å². The van der Waals surface area contributed by atoms with Gasteiger partial charge in [-0.05, 0) is 19.3 Å². The zero-order chi connectivity index (χ0) is 11.1. The predicted octanol–water partition coefficient (Wildman–Crippen LogP) is 1.68. The van der Waals surface area contributed by atoms with Crippen LogP contribution >= 0.6 is 0 Å². The van der Waals surface area contributed by atoms with Gasteiger partial charge >= 0.3 is 0 Å². The van der Waals surface area contributed by atoms with Gasteiger partial charge < -0.3 is 9.47 Å². The minimum atomic E-state index is -0.489. The number of aromatic nitrogens is 1. The van der Waals surface area contributed by atoms with Gasteiger partial charge in [0.1, 0.15) is 18.4 Å². The second kappa shape index (κ2) is 3.33. The highest BCUT2D eigenvalue weighted by atomic mass is 16.6. The van der Waals surface area contributed by atoms with E-state index in [0.717, 1.165) is 19.3 Å². The quantitative estimate of drug-likeness (QED) is 0.533.